The summed E-state index contributed by atoms with van der Waals surface area (Å²) in [5.41, 5.74) is 0.931. The van der Waals surface area contributed by atoms with Gasteiger partial charge >= 0.3 is 6.03 Å². The van der Waals surface area contributed by atoms with E-state index < -0.39 is 28.1 Å². The topological polar surface area (TPSA) is 156 Å². The zero-order chi connectivity index (χ0) is 35.1. The maximum Gasteiger partial charge on any atom is 0.321 e. The summed E-state index contributed by atoms with van der Waals surface area (Å²) in [7, 11) is -2.19. The van der Waals surface area contributed by atoms with Crippen molar-refractivity contribution in [3.8, 4) is 17.2 Å². The van der Waals surface area contributed by atoms with Gasteiger partial charge in [-0.25, -0.2) is 13.2 Å². The Kier molecular flexibility index (Phi) is 11.9. The molecular weight excluding hydrogens is 673 g/mol. The van der Waals surface area contributed by atoms with E-state index in [1.165, 1.54) is 17.0 Å². The van der Waals surface area contributed by atoms with Crippen LogP contribution in [0.5, 0.6) is 17.2 Å². The number of anilines is 2. The lowest BCUT2D eigenvalue weighted by Crippen LogP contribution is -2.48. The van der Waals surface area contributed by atoms with E-state index in [4.69, 9.17) is 18.9 Å². The van der Waals surface area contributed by atoms with E-state index in [0.29, 0.717) is 36.0 Å². The molecule has 2 aromatic carbocycles. The fourth-order valence-electron chi connectivity index (χ4n) is 5.62. The Morgan fingerprint density at radius 2 is 1.84 bits per heavy atom. The van der Waals surface area contributed by atoms with Gasteiger partial charge in [-0.2, -0.15) is 0 Å². The number of nitrogens with zero attached hydrogens (tertiary/aromatic N) is 2. The van der Waals surface area contributed by atoms with Crippen molar-refractivity contribution < 1.29 is 42.1 Å². The molecule has 2 aliphatic rings. The zero-order valence-corrected chi connectivity index (χ0v) is 29.7. The first-order chi connectivity index (χ1) is 23.4. The molecule has 3 heterocycles. The standard InChI is InChI=1S/C34H44N4O9S2/c1-22-18-38(23(2)20-39)33(40)27-16-26(36-49(42,43)32-9-7-15-48-32)11-12-28(27)47-24(3)8-5-6-14-44-31(22)19-37(4)34(41)35-25-10-13-29-30(17-25)46-21-45-29/h7,9-13,15-17,22-24,31,36,39H,5-6,8,14,18-21H2,1-4H3,(H,35,41)/t22-,23+,24-,31-/m1/s1. The van der Waals surface area contributed by atoms with Crippen molar-refractivity contribution in [1.82, 2.24) is 9.80 Å². The summed E-state index contributed by atoms with van der Waals surface area (Å²) < 4.78 is 52.1. The quantitative estimate of drug-likeness (QED) is 0.284. The Labute approximate surface area is 291 Å². The van der Waals surface area contributed by atoms with Crippen molar-refractivity contribution >= 4 is 44.7 Å². The van der Waals surface area contributed by atoms with Crippen molar-refractivity contribution in [3.05, 3.63) is 59.5 Å². The summed E-state index contributed by atoms with van der Waals surface area (Å²) >= 11 is 1.09. The normalized spacial score (nSPS) is 20.8. The first kappa shape index (κ1) is 36.2. The van der Waals surface area contributed by atoms with E-state index >= 15 is 0 Å². The number of urea groups is 1. The molecule has 0 fully saturated rings. The van der Waals surface area contributed by atoms with Gasteiger partial charge in [0.1, 0.15) is 9.96 Å². The number of fused-ring (bicyclic) bond motifs is 2. The van der Waals surface area contributed by atoms with Gasteiger partial charge in [-0.05, 0) is 74.9 Å². The van der Waals surface area contributed by atoms with Gasteiger partial charge in [-0.3, -0.25) is 9.52 Å². The number of sulfonamides is 1. The van der Waals surface area contributed by atoms with Gasteiger partial charge < -0.3 is 39.2 Å². The maximum absolute atomic E-state index is 14.4. The number of ether oxygens (including phenoxy) is 4. The van der Waals surface area contributed by atoms with Gasteiger partial charge in [0.05, 0.1) is 30.4 Å². The molecule has 0 radical (unpaired) electrons. The van der Waals surface area contributed by atoms with Crippen LogP contribution >= 0.6 is 11.3 Å². The van der Waals surface area contributed by atoms with Gasteiger partial charge in [-0.15, -0.1) is 11.3 Å². The number of aliphatic hydroxyl groups is 1. The number of carbonyl (C=O) groups excluding carboxylic acids is 2. The fourth-order valence-corrected chi connectivity index (χ4v) is 7.66. The van der Waals surface area contributed by atoms with E-state index in [1.54, 1.807) is 60.6 Å². The van der Waals surface area contributed by atoms with E-state index in [1.807, 2.05) is 13.8 Å². The molecule has 0 aliphatic carbocycles. The lowest BCUT2D eigenvalue weighted by molar-refractivity contribution is -0.0115. The van der Waals surface area contributed by atoms with Crippen LogP contribution in [-0.2, 0) is 14.8 Å². The predicted molar refractivity (Wildman–Crippen MR) is 186 cm³/mol. The molecule has 3 aromatic rings. The van der Waals surface area contributed by atoms with E-state index in [2.05, 4.69) is 10.0 Å². The number of rotatable bonds is 8. The van der Waals surface area contributed by atoms with Crippen LogP contribution in [0.25, 0.3) is 0 Å². The Bertz CT molecular complexity index is 1700. The van der Waals surface area contributed by atoms with Crippen LogP contribution in [0, 0.1) is 5.92 Å². The highest BCUT2D eigenvalue weighted by atomic mass is 32.2. The average Bonchev–Trinajstić information content (AvgIpc) is 3.79. The van der Waals surface area contributed by atoms with E-state index in [-0.39, 0.29) is 60.0 Å². The molecule has 2 aliphatic heterocycles. The van der Waals surface area contributed by atoms with Crippen molar-refractivity contribution in [3.63, 3.8) is 0 Å². The second kappa shape index (κ2) is 16.1. The van der Waals surface area contributed by atoms with Crippen LogP contribution in [0.4, 0.5) is 16.2 Å². The number of aliphatic hydroxyl groups excluding tert-OH is 1. The number of hydrogen-bond donors (Lipinski definition) is 3. The number of hydrogen-bond acceptors (Lipinski definition) is 10. The summed E-state index contributed by atoms with van der Waals surface area (Å²) in [6.07, 6.45) is 1.56. The van der Waals surface area contributed by atoms with Gasteiger partial charge in [-0.1, -0.05) is 13.0 Å². The molecule has 15 heteroatoms. The Hall–Kier alpha value is -4.05. The first-order valence-electron chi connectivity index (χ1n) is 16.3. The summed E-state index contributed by atoms with van der Waals surface area (Å²) in [6, 6.07) is 12.1. The van der Waals surface area contributed by atoms with Gasteiger partial charge in [0.25, 0.3) is 15.9 Å². The van der Waals surface area contributed by atoms with Crippen LogP contribution in [-0.4, -0.2) is 93.7 Å². The molecule has 0 saturated heterocycles. The molecule has 0 spiro atoms. The highest BCUT2D eigenvalue weighted by Gasteiger charge is 2.31. The van der Waals surface area contributed by atoms with Crippen LogP contribution in [0.2, 0.25) is 0 Å². The Morgan fingerprint density at radius 3 is 2.59 bits per heavy atom. The molecule has 4 atom stereocenters. The lowest BCUT2D eigenvalue weighted by Gasteiger charge is -2.35. The SMILES string of the molecule is C[C@@H]1CCCCO[C@H](CN(C)C(=O)Nc2ccc3c(c2)OCO3)[C@H](C)CN([C@@H](C)CO)C(=O)c2cc(NS(=O)(=O)c3cccs3)ccc2O1. The average molecular weight is 717 g/mol. The molecule has 3 N–H and O–H groups in total. The summed E-state index contributed by atoms with van der Waals surface area (Å²) in [5, 5.41) is 14.8. The molecular formula is C34H44N4O9S2. The molecule has 266 valence electrons. The minimum absolute atomic E-state index is 0.130. The fraction of sp³-hybridized carbons (Fsp3) is 0.471. The van der Waals surface area contributed by atoms with Crippen LogP contribution in [0.3, 0.4) is 0 Å². The second-order valence-corrected chi connectivity index (χ2v) is 15.3. The number of benzene rings is 2. The monoisotopic (exact) mass is 716 g/mol. The number of likely N-dealkylation sites (N-methyl/N-ethyl adjacent to an activating group) is 1. The Morgan fingerprint density at radius 1 is 1.08 bits per heavy atom. The largest absolute Gasteiger partial charge is 0.490 e. The summed E-state index contributed by atoms with van der Waals surface area (Å²) in [6.45, 7) is 6.29. The number of amides is 3. The third kappa shape index (κ3) is 9.15. The minimum Gasteiger partial charge on any atom is -0.490 e. The van der Waals surface area contributed by atoms with Crippen molar-refractivity contribution in [2.45, 2.75) is 62.5 Å². The number of carbonyl (C=O) groups is 2. The van der Waals surface area contributed by atoms with Gasteiger partial charge in [0.15, 0.2) is 11.5 Å². The van der Waals surface area contributed by atoms with Crippen molar-refractivity contribution in [1.29, 1.82) is 0 Å². The first-order valence-corrected chi connectivity index (χ1v) is 18.6. The smallest absolute Gasteiger partial charge is 0.321 e. The minimum atomic E-state index is -3.87. The third-order valence-electron chi connectivity index (χ3n) is 8.49. The number of thiophene rings is 1. The molecule has 1 aromatic heterocycles. The molecule has 13 nitrogen and oxygen atoms in total. The molecule has 0 saturated carbocycles. The van der Waals surface area contributed by atoms with E-state index in [0.717, 1.165) is 24.2 Å². The molecule has 5 rings (SSSR count). The second-order valence-electron chi connectivity index (χ2n) is 12.4. The highest BCUT2D eigenvalue weighted by Crippen LogP contribution is 2.34. The predicted octanol–water partition coefficient (Wildman–Crippen LogP) is 5.24. The molecule has 3 amide bonds. The van der Waals surface area contributed by atoms with Crippen LogP contribution in [0.15, 0.2) is 58.1 Å². The zero-order valence-electron chi connectivity index (χ0n) is 28.1. The number of nitrogens with one attached hydrogen (secondary N) is 2. The molecule has 49 heavy (non-hydrogen) atoms. The maximum atomic E-state index is 14.4. The summed E-state index contributed by atoms with van der Waals surface area (Å²) in [4.78, 5) is 30.7. The summed E-state index contributed by atoms with van der Waals surface area (Å²) in [5.74, 6) is 0.788. The molecule has 0 bridgehead atoms. The highest BCUT2D eigenvalue weighted by molar-refractivity contribution is 7.94. The van der Waals surface area contributed by atoms with Crippen molar-refractivity contribution in [2.75, 3.05) is 50.2 Å². The van der Waals surface area contributed by atoms with Crippen LogP contribution in [0.1, 0.15) is 50.4 Å². The van der Waals surface area contributed by atoms with Gasteiger partial charge in [0, 0.05) is 50.1 Å². The van der Waals surface area contributed by atoms with Crippen molar-refractivity contribution in [2.24, 2.45) is 5.92 Å². The van der Waals surface area contributed by atoms with Gasteiger partial charge in [0.2, 0.25) is 6.79 Å². The van der Waals surface area contributed by atoms with E-state index in [9.17, 15) is 23.1 Å². The molecule has 0 unspecified atom stereocenters. The third-order valence-corrected chi connectivity index (χ3v) is 11.3. The Balaban J connectivity index is 1.38. The van der Waals surface area contributed by atoms with Crippen LogP contribution < -0.4 is 24.2 Å². The lowest BCUT2D eigenvalue weighted by atomic mass is 10.0.